The molecule has 2 N–H and O–H groups in total. The maximum atomic E-state index is 9.52. The summed E-state index contributed by atoms with van der Waals surface area (Å²) in [5, 5.41) is 12.9. The van der Waals surface area contributed by atoms with Gasteiger partial charge < -0.3 is 10.4 Å². The third kappa shape index (κ3) is 4.24. The van der Waals surface area contributed by atoms with Crippen LogP contribution in [-0.4, -0.2) is 17.8 Å². The molecule has 0 saturated carbocycles. The molecule has 0 heterocycles. The molecule has 1 aromatic rings. The third-order valence-electron chi connectivity index (χ3n) is 2.75. The lowest BCUT2D eigenvalue weighted by atomic mass is 10.0. The second-order valence-corrected chi connectivity index (χ2v) is 4.90. The van der Waals surface area contributed by atoms with E-state index in [2.05, 4.69) is 52.4 Å². The van der Waals surface area contributed by atoms with Crippen LogP contribution in [0.5, 0.6) is 0 Å². The van der Waals surface area contributed by atoms with Gasteiger partial charge in [0, 0.05) is 17.1 Å². The van der Waals surface area contributed by atoms with Gasteiger partial charge in [-0.3, -0.25) is 0 Å². The van der Waals surface area contributed by atoms with Gasteiger partial charge in [0.2, 0.25) is 0 Å². The number of hydrogen-bond donors (Lipinski definition) is 2. The van der Waals surface area contributed by atoms with E-state index in [1.165, 1.54) is 5.56 Å². The van der Waals surface area contributed by atoms with Crippen LogP contribution in [0.4, 0.5) is 0 Å². The molecule has 2 nitrogen and oxygen atoms in total. The molecule has 1 rings (SSSR count). The molecule has 0 aliphatic carbocycles. The van der Waals surface area contributed by atoms with Crippen molar-refractivity contribution < 1.29 is 5.11 Å². The number of aliphatic hydroxyl groups is 1. The highest BCUT2D eigenvalue weighted by atomic mass is 79.9. The Morgan fingerprint density at radius 1 is 1.19 bits per heavy atom. The third-order valence-corrected chi connectivity index (χ3v) is 3.28. The number of benzene rings is 1. The quantitative estimate of drug-likeness (QED) is 0.841. The minimum atomic E-state index is -0.246. The van der Waals surface area contributed by atoms with Gasteiger partial charge in [0.1, 0.15) is 0 Å². The van der Waals surface area contributed by atoms with Gasteiger partial charge in [0.15, 0.2) is 0 Å². The number of nitrogens with one attached hydrogen (secondary N) is 1. The van der Waals surface area contributed by atoms with Crippen LogP contribution in [-0.2, 0) is 0 Å². The highest BCUT2D eigenvalue weighted by molar-refractivity contribution is 9.10. The lowest BCUT2D eigenvalue weighted by Crippen LogP contribution is -2.29. The Labute approximate surface area is 106 Å². The van der Waals surface area contributed by atoms with Crippen molar-refractivity contribution in [3.8, 4) is 0 Å². The van der Waals surface area contributed by atoms with E-state index >= 15 is 0 Å². The van der Waals surface area contributed by atoms with Crippen molar-refractivity contribution in [2.45, 2.75) is 38.8 Å². The van der Waals surface area contributed by atoms with Crippen LogP contribution >= 0.6 is 15.9 Å². The molecule has 90 valence electrons. The summed E-state index contributed by atoms with van der Waals surface area (Å²) in [4.78, 5) is 0. The summed E-state index contributed by atoms with van der Waals surface area (Å²) < 4.78 is 1.10. The Kier molecular flexibility index (Phi) is 6.03. The van der Waals surface area contributed by atoms with Gasteiger partial charge in [-0.2, -0.15) is 0 Å². The van der Waals surface area contributed by atoms with Crippen LogP contribution in [0.25, 0.3) is 0 Å². The van der Waals surface area contributed by atoms with E-state index in [-0.39, 0.29) is 6.10 Å². The lowest BCUT2D eigenvalue weighted by molar-refractivity contribution is 0.162. The van der Waals surface area contributed by atoms with Crippen molar-refractivity contribution in [1.29, 1.82) is 0 Å². The summed E-state index contributed by atoms with van der Waals surface area (Å²) in [5.41, 5.74) is 1.27. The molecule has 0 radical (unpaired) electrons. The minimum Gasteiger partial charge on any atom is -0.392 e. The van der Waals surface area contributed by atoms with Gasteiger partial charge >= 0.3 is 0 Å². The Bertz CT molecular complexity index is 299. The van der Waals surface area contributed by atoms with Gasteiger partial charge in [0.05, 0.1) is 6.10 Å². The molecular weight excluding hydrogens is 266 g/mol. The van der Waals surface area contributed by atoms with Crippen molar-refractivity contribution >= 4 is 15.9 Å². The van der Waals surface area contributed by atoms with Crippen molar-refractivity contribution in [2.75, 3.05) is 6.54 Å². The molecule has 16 heavy (non-hydrogen) atoms. The van der Waals surface area contributed by atoms with E-state index in [4.69, 9.17) is 0 Å². The zero-order chi connectivity index (χ0) is 12.0. The number of rotatable bonds is 6. The van der Waals surface area contributed by atoms with Crippen LogP contribution in [0.2, 0.25) is 0 Å². The van der Waals surface area contributed by atoms with Gasteiger partial charge in [-0.1, -0.05) is 41.9 Å². The highest BCUT2D eigenvalue weighted by Gasteiger charge is 2.10. The van der Waals surface area contributed by atoms with E-state index in [9.17, 15) is 5.11 Å². The van der Waals surface area contributed by atoms with Crippen LogP contribution in [0.15, 0.2) is 28.7 Å². The van der Waals surface area contributed by atoms with Gasteiger partial charge in [-0.15, -0.1) is 0 Å². The van der Waals surface area contributed by atoms with Crippen LogP contribution < -0.4 is 5.32 Å². The lowest BCUT2D eigenvalue weighted by Gasteiger charge is -2.19. The second kappa shape index (κ2) is 7.05. The van der Waals surface area contributed by atoms with E-state index in [0.29, 0.717) is 12.6 Å². The predicted molar refractivity (Wildman–Crippen MR) is 71.5 cm³/mol. The van der Waals surface area contributed by atoms with Gasteiger partial charge in [0.25, 0.3) is 0 Å². The standard InChI is InChI=1S/C13H20BrNO/c1-3-12(16)9-15-13(4-2)10-5-7-11(14)8-6-10/h5-8,12-13,15-16H,3-4,9H2,1-2H3/t12-,13?/m1/s1. The first-order chi connectivity index (χ1) is 7.67. The molecule has 0 aliphatic heterocycles. The molecule has 2 atom stereocenters. The zero-order valence-electron chi connectivity index (χ0n) is 9.91. The summed E-state index contributed by atoms with van der Waals surface area (Å²) in [6.07, 6.45) is 1.58. The monoisotopic (exact) mass is 285 g/mol. The van der Waals surface area contributed by atoms with Crippen LogP contribution in [0.1, 0.15) is 38.3 Å². The summed E-state index contributed by atoms with van der Waals surface area (Å²) in [5.74, 6) is 0. The van der Waals surface area contributed by atoms with E-state index in [0.717, 1.165) is 17.3 Å². The Morgan fingerprint density at radius 2 is 1.81 bits per heavy atom. The fraction of sp³-hybridized carbons (Fsp3) is 0.538. The molecule has 0 amide bonds. The topological polar surface area (TPSA) is 32.3 Å². The molecule has 0 saturated heterocycles. The highest BCUT2D eigenvalue weighted by Crippen LogP contribution is 2.19. The number of halogens is 1. The normalized spacial score (nSPS) is 14.8. The average Bonchev–Trinajstić information content (AvgIpc) is 2.31. The molecule has 3 heteroatoms. The Morgan fingerprint density at radius 3 is 2.31 bits per heavy atom. The summed E-state index contributed by atoms with van der Waals surface area (Å²) in [6, 6.07) is 8.66. The van der Waals surface area contributed by atoms with Crippen LogP contribution in [0, 0.1) is 0 Å². The molecule has 0 aliphatic rings. The second-order valence-electron chi connectivity index (χ2n) is 3.98. The van der Waals surface area contributed by atoms with E-state index in [1.54, 1.807) is 0 Å². The molecule has 1 unspecified atom stereocenters. The van der Waals surface area contributed by atoms with E-state index in [1.807, 2.05) is 6.92 Å². The number of hydrogen-bond acceptors (Lipinski definition) is 2. The van der Waals surface area contributed by atoms with Gasteiger partial charge in [-0.05, 0) is 30.5 Å². The maximum Gasteiger partial charge on any atom is 0.0662 e. The van der Waals surface area contributed by atoms with Crippen molar-refractivity contribution in [1.82, 2.24) is 5.32 Å². The summed E-state index contributed by atoms with van der Waals surface area (Å²) >= 11 is 3.43. The first-order valence-corrected chi connectivity index (χ1v) is 6.63. The SMILES string of the molecule is CCC(NC[C@H](O)CC)c1ccc(Br)cc1. The Balaban J connectivity index is 2.57. The van der Waals surface area contributed by atoms with Gasteiger partial charge in [-0.25, -0.2) is 0 Å². The first-order valence-electron chi connectivity index (χ1n) is 5.84. The fourth-order valence-electron chi connectivity index (χ4n) is 1.62. The molecule has 0 bridgehead atoms. The summed E-state index contributed by atoms with van der Waals surface area (Å²) in [7, 11) is 0. The molecule has 0 fully saturated rings. The molecule has 1 aromatic carbocycles. The largest absolute Gasteiger partial charge is 0.392 e. The first kappa shape index (κ1) is 13.7. The van der Waals surface area contributed by atoms with Crippen molar-refractivity contribution in [2.24, 2.45) is 0 Å². The average molecular weight is 286 g/mol. The maximum absolute atomic E-state index is 9.52. The molecular formula is C13H20BrNO. The Hall–Kier alpha value is -0.380. The molecule has 0 aromatic heterocycles. The summed E-state index contributed by atoms with van der Waals surface area (Å²) in [6.45, 7) is 4.80. The molecule has 0 spiro atoms. The zero-order valence-corrected chi connectivity index (χ0v) is 11.5. The minimum absolute atomic E-state index is 0.246. The van der Waals surface area contributed by atoms with Crippen molar-refractivity contribution in [3.63, 3.8) is 0 Å². The van der Waals surface area contributed by atoms with Crippen LogP contribution in [0.3, 0.4) is 0 Å². The predicted octanol–water partition coefficient (Wildman–Crippen LogP) is 3.26. The van der Waals surface area contributed by atoms with Crippen molar-refractivity contribution in [3.05, 3.63) is 34.3 Å². The fourth-order valence-corrected chi connectivity index (χ4v) is 1.88. The van der Waals surface area contributed by atoms with E-state index < -0.39 is 0 Å². The smallest absolute Gasteiger partial charge is 0.0662 e. The number of aliphatic hydroxyl groups excluding tert-OH is 1.